The zero-order valence-corrected chi connectivity index (χ0v) is 13.9. The van der Waals surface area contributed by atoms with Crippen LogP contribution in [0.25, 0.3) is 0 Å². The van der Waals surface area contributed by atoms with Crippen LogP contribution in [0.3, 0.4) is 0 Å². The first-order valence-corrected chi connectivity index (χ1v) is 7.35. The van der Waals surface area contributed by atoms with Gasteiger partial charge in [-0.05, 0) is 49.2 Å². The van der Waals surface area contributed by atoms with Crippen LogP contribution in [0.1, 0.15) is 32.9 Å². The van der Waals surface area contributed by atoms with Crippen molar-refractivity contribution in [3.05, 3.63) is 16.2 Å². The molecule has 0 N–H and O–H groups in total. The summed E-state index contributed by atoms with van der Waals surface area (Å²) < 4.78 is 6.59. The van der Waals surface area contributed by atoms with Gasteiger partial charge in [-0.25, -0.2) is 9.98 Å². The van der Waals surface area contributed by atoms with Crippen LogP contribution in [-0.4, -0.2) is 35.9 Å². The van der Waals surface area contributed by atoms with Crippen molar-refractivity contribution in [3.63, 3.8) is 0 Å². The SMILES string of the molecule is CCC(C)Oc1nc(C)c(/N=C/N(C)CC)cc1Br. The normalized spacial score (nSPS) is 12.7. The molecule has 0 aliphatic rings. The third kappa shape index (κ3) is 4.82. The number of aromatic nitrogens is 1. The number of aryl methyl sites for hydroxylation is 1. The number of ether oxygens (including phenoxy) is 1. The van der Waals surface area contributed by atoms with Crippen LogP contribution in [-0.2, 0) is 0 Å². The van der Waals surface area contributed by atoms with Gasteiger partial charge in [-0.1, -0.05) is 6.92 Å². The molecule has 1 aromatic heterocycles. The van der Waals surface area contributed by atoms with E-state index in [2.05, 4.69) is 39.8 Å². The van der Waals surface area contributed by atoms with Gasteiger partial charge in [0.15, 0.2) is 0 Å². The highest BCUT2D eigenvalue weighted by molar-refractivity contribution is 9.10. The second-order valence-corrected chi connectivity index (χ2v) is 5.39. The highest BCUT2D eigenvalue weighted by atomic mass is 79.9. The van der Waals surface area contributed by atoms with Crippen molar-refractivity contribution in [2.75, 3.05) is 13.6 Å². The van der Waals surface area contributed by atoms with E-state index in [4.69, 9.17) is 4.74 Å². The number of hydrogen-bond donors (Lipinski definition) is 0. The molecule has 0 aromatic carbocycles. The monoisotopic (exact) mass is 327 g/mol. The fraction of sp³-hybridized carbons (Fsp3) is 0.571. The van der Waals surface area contributed by atoms with E-state index in [-0.39, 0.29) is 6.10 Å². The molecule has 0 saturated carbocycles. The topological polar surface area (TPSA) is 37.7 Å². The van der Waals surface area contributed by atoms with Gasteiger partial charge in [-0.2, -0.15) is 0 Å². The molecule has 0 saturated heterocycles. The maximum absolute atomic E-state index is 5.76. The summed E-state index contributed by atoms with van der Waals surface area (Å²) >= 11 is 3.49. The Morgan fingerprint density at radius 1 is 1.53 bits per heavy atom. The van der Waals surface area contributed by atoms with Crippen LogP contribution >= 0.6 is 15.9 Å². The quantitative estimate of drug-likeness (QED) is 0.586. The van der Waals surface area contributed by atoms with Gasteiger partial charge in [0, 0.05) is 13.6 Å². The largest absolute Gasteiger partial charge is 0.474 e. The van der Waals surface area contributed by atoms with Crippen molar-refractivity contribution in [1.82, 2.24) is 9.88 Å². The summed E-state index contributed by atoms with van der Waals surface area (Å²) in [5.74, 6) is 0.634. The standard InChI is InChI=1S/C14H22BrN3O/c1-6-10(3)19-14-12(15)8-13(11(4)17-14)16-9-18(5)7-2/h8-10H,6-7H2,1-5H3/b16-9+. The second-order valence-electron chi connectivity index (χ2n) is 4.53. The van der Waals surface area contributed by atoms with E-state index in [1.165, 1.54) is 0 Å². The molecule has 4 nitrogen and oxygen atoms in total. The molecule has 0 fully saturated rings. The molecule has 0 spiro atoms. The summed E-state index contributed by atoms with van der Waals surface area (Å²) in [7, 11) is 1.99. The molecular weight excluding hydrogens is 306 g/mol. The molecule has 1 aromatic rings. The molecule has 1 unspecified atom stereocenters. The summed E-state index contributed by atoms with van der Waals surface area (Å²) in [5, 5.41) is 0. The smallest absolute Gasteiger partial charge is 0.228 e. The first-order chi connectivity index (χ1) is 8.97. The predicted molar refractivity (Wildman–Crippen MR) is 83.5 cm³/mol. The molecule has 0 aliphatic carbocycles. The first-order valence-electron chi connectivity index (χ1n) is 6.56. The molecule has 19 heavy (non-hydrogen) atoms. The minimum absolute atomic E-state index is 0.156. The van der Waals surface area contributed by atoms with Gasteiger partial charge in [-0.15, -0.1) is 0 Å². The van der Waals surface area contributed by atoms with Crippen molar-refractivity contribution in [1.29, 1.82) is 0 Å². The lowest BCUT2D eigenvalue weighted by Crippen LogP contribution is -2.14. The molecule has 0 bridgehead atoms. The average molecular weight is 328 g/mol. The Hall–Kier alpha value is -1.10. The van der Waals surface area contributed by atoms with Crippen LogP contribution < -0.4 is 4.74 Å². The zero-order chi connectivity index (χ0) is 14.4. The van der Waals surface area contributed by atoms with Gasteiger partial charge in [0.1, 0.15) is 0 Å². The van der Waals surface area contributed by atoms with Gasteiger partial charge in [-0.3, -0.25) is 0 Å². The van der Waals surface area contributed by atoms with Gasteiger partial charge in [0.05, 0.1) is 28.3 Å². The molecule has 0 amide bonds. The summed E-state index contributed by atoms with van der Waals surface area (Å²) in [4.78, 5) is 10.9. The molecule has 106 valence electrons. The Labute approximate surface area is 124 Å². The van der Waals surface area contributed by atoms with Crippen molar-refractivity contribution in [3.8, 4) is 5.88 Å². The van der Waals surface area contributed by atoms with Crippen LogP contribution in [0.5, 0.6) is 5.88 Å². The number of aliphatic imine (C=N–C) groups is 1. The Kier molecular flexibility index (Phi) is 6.28. The van der Waals surface area contributed by atoms with Crippen molar-refractivity contribution in [2.24, 2.45) is 4.99 Å². The van der Waals surface area contributed by atoms with E-state index >= 15 is 0 Å². The van der Waals surface area contributed by atoms with E-state index in [0.717, 1.165) is 28.8 Å². The number of pyridine rings is 1. The van der Waals surface area contributed by atoms with Crippen molar-refractivity contribution < 1.29 is 4.74 Å². The molecule has 1 rings (SSSR count). The lowest BCUT2D eigenvalue weighted by Gasteiger charge is -2.14. The Morgan fingerprint density at radius 3 is 2.79 bits per heavy atom. The Bertz CT molecular complexity index is 449. The molecule has 1 atom stereocenters. The third-order valence-corrected chi connectivity index (χ3v) is 3.46. The summed E-state index contributed by atoms with van der Waals surface area (Å²) in [6.45, 7) is 9.06. The fourth-order valence-electron chi connectivity index (χ4n) is 1.28. The van der Waals surface area contributed by atoms with Crippen LogP contribution in [0.4, 0.5) is 5.69 Å². The minimum atomic E-state index is 0.156. The van der Waals surface area contributed by atoms with Gasteiger partial charge < -0.3 is 9.64 Å². The zero-order valence-electron chi connectivity index (χ0n) is 12.3. The lowest BCUT2D eigenvalue weighted by molar-refractivity contribution is 0.207. The number of rotatable bonds is 6. The van der Waals surface area contributed by atoms with Crippen LogP contribution in [0, 0.1) is 6.92 Å². The Balaban J connectivity index is 2.93. The molecule has 5 heteroatoms. The maximum atomic E-state index is 5.76. The average Bonchev–Trinajstić information content (AvgIpc) is 2.40. The minimum Gasteiger partial charge on any atom is -0.474 e. The third-order valence-electron chi connectivity index (χ3n) is 2.89. The molecule has 0 aliphatic heterocycles. The van der Waals surface area contributed by atoms with E-state index in [1.807, 2.05) is 38.2 Å². The second kappa shape index (κ2) is 7.48. The molecule has 1 heterocycles. The van der Waals surface area contributed by atoms with E-state index in [9.17, 15) is 0 Å². The van der Waals surface area contributed by atoms with Crippen LogP contribution in [0.2, 0.25) is 0 Å². The van der Waals surface area contributed by atoms with Crippen molar-refractivity contribution in [2.45, 2.75) is 40.2 Å². The lowest BCUT2D eigenvalue weighted by atomic mass is 10.3. The van der Waals surface area contributed by atoms with Gasteiger partial charge >= 0.3 is 0 Å². The predicted octanol–water partition coefficient (Wildman–Crippen LogP) is 3.94. The Morgan fingerprint density at radius 2 is 2.21 bits per heavy atom. The summed E-state index contributed by atoms with van der Waals surface area (Å²) in [5.41, 5.74) is 1.71. The van der Waals surface area contributed by atoms with Gasteiger partial charge in [0.2, 0.25) is 5.88 Å². The van der Waals surface area contributed by atoms with E-state index in [0.29, 0.717) is 5.88 Å². The summed E-state index contributed by atoms with van der Waals surface area (Å²) in [6, 6.07) is 1.94. The fourth-order valence-corrected chi connectivity index (χ4v) is 1.68. The summed E-state index contributed by atoms with van der Waals surface area (Å²) in [6.07, 6.45) is 2.92. The van der Waals surface area contributed by atoms with E-state index < -0.39 is 0 Å². The maximum Gasteiger partial charge on any atom is 0.228 e. The highest BCUT2D eigenvalue weighted by Gasteiger charge is 2.10. The van der Waals surface area contributed by atoms with Crippen LogP contribution in [0.15, 0.2) is 15.5 Å². The van der Waals surface area contributed by atoms with E-state index in [1.54, 1.807) is 0 Å². The number of hydrogen-bond acceptors (Lipinski definition) is 3. The number of halogens is 1. The number of nitrogens with zero attached hydrogens (tertiary/aromatic N) is 3. The van der Waals surface area contributed by atoms with Crippen molar-refractivity contribution >= 4 is 28.0 Å². The molecule has 0 radical (unpaired) electrons. The highest BCUT2D eigenvalue weighted by Crippen LogP contribution is 2.30. The molecular formula is C14H22BrN3O. The first kappa shape index (κ1) is 16.0. The van der Waals surface area contributed by atoms with Gasteiger partial charge in [0.25, 0.3) is 0 Å².